The first-order valence-corrected chi connectivity index (χ1v) is 11.1. The summed E-state index contributed by atoms with van der Waals surface area (Å²) in [5, 5.41) is 32.3. The van der Waals surface area contributed by atoms with E-state index in [0.717, 1.165) is 51.7 Å². The summed E-state index contributed by atoms with van der Waals surface area (Å²) in [5.41, 5.74) is 2.50. The number of ether oxygens (including phenoxy) is 1. The molecule has 4 N–H and O–H groups in total. The molecule has 0 amide bonds. The minimum Gasteiger partial charge on any atom is -0.508 e. The Morgan fingerprint density at radius 3 is 2.53 bits per heavy atom. The average Bonchev–Trinajstić information content (AvgIpc) is 2.77. The maximum atomic E-state index is 10.2. The first kappa shape index (κ1) is 24.4. The van der Waals surface area contributed by atoms with E-state index in [1.54, 1.807) is 12.1 Å². The predicted molar refractivity (Wildman–Crippen MR) is 121 cm³/mol. The minimum atomic E-state index is -0.651. The van der Waals surface area contributed by atoms with Crippen LogP contribution in [0.25, 0.3) is 0 Å². The molecular formula is C25H37NO4. The zero-order chi connectivity index (χ0) is 21.6. The first-order chi connectivity index (χ1) is 14.6. The molecule has 0 bridgehead atoms. The van der Waals surface area contributed by atoms with E-state index in [2.05, 4.69) is 36.5 Å². The van der Waals surface area contributed by atoms with E-state index in [4.69, 9.17) is 4.74 Å². The fraction of sp³-hybridized carbons (Fsp3) is 0.520. The van der Waals surface area contributed by atoms with Crippen molar-refractivity contribution >= 4 is 0 Å². The predicted octanol–water partition coefficient (Wildman–Crippen LogP) is 4.11. The number of nitrogens with one attached hydrogen (secondary N) is 1. The molecule has 0 aliphatic rings. The molecular weight excluding hydrogens is 378 g/mol. The summed E-state index contributed by atoms with van der Waals surface area (Å²) in [4.78, 5) is 0. The van der Waals surface area contributed by atoms with Crippen LogP contribution in [0.15, 0.2) is 48.5 Å². The minimum absolute atomic E-state index is 0.0518. The van der Waals surface area contributed by atoms with Crippen LogP contribution in [0.2, 0.25) is 0 Å². The van der Waals surface area contributed by atoms with Crippen LogP contribution in [0, 0.1) is 0 Å². The summed E-state index contributed by atoms with van der Waals surface area (Å²) < 4.78 is 5.91. The van der Waals surface area contributed by atoms with Gasteiger partial charge in [0.2, 0.25) is 0 Å². The molecule has 0 radical (unpaired) electrons. The van der Waals surface area contributed by atoms with Gasteiger partial charge in [0.15, 0.2) is 0 Å². The van der Waals surface area contributed by atoms with Crippen molar-refractivity contribution in [1.82, 2.24) is 5.32 Å². The Morgan fingerprint density at radius 1 is 1.00 bits per heavy atom. The third kappa shape index (κ3) is 9.26. The van der Waals surface area contributed by atoms with E-state index >= 15 is 0 Å². The molecule has 2 atom stereocenters. The number of aliphatic hydroxyl groups is 2. The number of aromatic hydroxyl groups is 1. The fourth-order valence-corrected chi connectivity index (χ4v) is 3.38. The molecule has 0 aliphatic heterocycles. The molecule has 0 aromatic heterocycles. The fourth-order valence-electron chi connectivity index (χ4n) is 3.38. The SMILES string of the molecule is C[C@@H](CCc1ccccc1)OCCCCCCNC[C@H](O)c1ccc(O)c(CO)c1. The van der Waals surface area contributed by atoms with Crippen molar-refractivity contribution in [2.24, 2.45) is 0 Å². The van der Waals surface area contributed by atoms with E-state index in [-0.39, 0.29) is 12.4 Å². The number of rotatable bonds is 15. The number of aliphatic hydroxyl groups excluding tert-OH is 2. The number of hydrogen-bond acceptors (Lipinski definition) is 5. The molecule has 2 aromatic rings. The third-order valence-corrected chi connectivity index (χ3v) is 5.33. The highest BCUT2D eigenvalue weighted by Gasteiger charge is 2.10. The highest BCUT2D eigenvalue weighted by molar-refractivity contribution is 5.36. The second kappa shape index (κ2) is 14.1. The zero-order valence-electron chi connectivity index (χ0n) is 18.1. The summed E-state index contributed by atoms with van der Waals surface area (Å²) >= 11 is 0. The molecule has 2 aromatic carbocycles. The molecule has 0 saturated carbocycles. The van der Waals surface area contributed by atoms with Gasteiger partial charge in [0.1, 0.15) is 5.75 Å². The second-order valence-electron chi connectivity index (χ2n) is 7.89. The van der Waals surface area contributed by atoms with Crippen molar-refractivity contribution in [3.63, 3.8) is 0 Å². The van der Waals surface area contributed by atoms with E-state index < -0.39 is 6.10 Å². The molecule has 0 spiro atoms. The maximum Gasteiger partial charge on any atom is 0.121 e. The Morgan fingerprint density at radius 2 is 1.77 bits per heavy atom. The average molecular weight is 416 g/mol. The number of aryl methyl sites for hydroxylation is 1. The molecule has 0 heterocycles. The van der Waals surface area contributed by atoms with E-state index in [0.29, 0.717) is 23.8 Å². The number of hydrogen-bond donors (Lipinski definition) is 4. The van der Waals surface area contributed by atoms with Crippen LogP contribution < -0.4 is 5.32 Å². The smallest absolute Gasteiger partial charge is 0.121 e. The van der Waals surface area contributed by atoms with Crippen molar-refractivity contribution in [2.75, 3.05) is 19.7 Å². The molecule has 2 rings (SSSR count). The van der Waals surface area contributed by atoms with Crippen LogP contribution in [0.3, 0.4) is 0 Å². The number of benzene rings is 2. The van der Waals surface area contributed by atoms with Gasteiger partial charge in [-0.15, -0.1) is 0 Å². The molecule has 0 fully saturated rings. The van der Waals surface area contributed by atoms with Gasteiger partial charge in [-0.25, -0.2) is 0 Å². The van der Waals surface area contributed by atoms with Crippen LogP contribution in [0.5, 0.6) is 5.75 Å². The van der Waals surface area contributed by atoms with E-state index in [9.17, 15) is 15.3 Å². The lowest BCUT2D eigenvalue weighted by molar-refractivity contribution is 0.0577. The number of unbranched alkanes of at least 4 members (excludes halogenated alkanes) is 3. The highest BCUT2D eigenvalue weighted by Crippen LogP contribution is 2.22. The van der Waals surface area contributed by atoms with Crippen LogP contribution in [0.1, 0.15) is 61.8 Å². The van der Waals surface area contributed by atoms with Gasteiger partial charge >= 0.3 is 0 Å². The maximum absolute atomic E-state index is 10.2. The summed E-state index contributed by atoms with van der Waals surface area (Å²) in [6.07, 6.45) is 6.18. The van der Waals surface area contributed by atoms with E-state index in [1.165, 1.54) is 11.6 Å². The standard InChI is InChI=1S/C25H37NO4/c1-20(11-12-21-9-5-4-6-10-21)30-16-8-3-2-7-15-26-18-25(29)22-13-14-24(28)23(17-22)19-27/h4-6,9-10,13-14,17,20,25-29H,2-3,7-8,11-12,15-16,18-19H2,1H3/t20-,25-/m0/s1. The summed E-state index contributed by atoms with van der Waals surface area (Å²) in [7, 11) is 0. The van der Waals surface area contributed by atoms with Gasteiger partial charge in [-0.1, -0.05) is 49.2 Å². The Hall–Kier alpha value is -1.92. The van der Waals surface area contributed by atoms with Gasteiger partial charge in [-0.2, -0.15) is 0 Å². The van der Waals surface area contributed by atoms with Crippen molar-refractivity contribution in [2.45, 2.75) is 64.3 Å². The van der Waals surface area contributed by atoms with Crippen LogP contribution in [-0.4, -0.2) is 41.1 Å². The Balaban J connectivity index is 1.45. The summed E-state index contributed by atoms with van der Waals surface area (Å²) in [6.45, 7) is 4.04. The Bertz CT molecular complexity index is 708. The Kier molecular flexibility index (Phi) is 11.5. The Labute approximate surface area is 180 Å². The summed E-state index contributed by atoms with van der Waals surface area (Å²) in [5.74, 6) is 0.0518. The number of phenols is 1. The monoisotopic (exact) mass is 415 g/mol. The lowest BCUT2D eigenvalue weighted by Crippen LogP contribution is -2.22. The van der Waals surface area contributed by atoms with Crippen LogP contribution >= 0.6 is 0 Å². The molecule has 5 heteroatoms. The van der Waals surface area contributed by atoms with Crippen molar-refractivity contribution in [1.29, 1.82) is 0 Å². The topological polar surface area (TPSA) is 82.0 Å². The van der Waals surface area contributed by atoms with Crippen molar-refractivity contribution < 1.29 is 20.1 Å². The first-order valence-electron chi connectivity index (χ1n) is 11.1. The second-order valence-corrected chi connectivity index (χ2v) is 7.89. The van der Waals surface area contributed by atoms with Gasteiger partial charge in [-0.3, -0.25) is 0 Å². The van der Waals surface area contributed by atoms with Crippen molar-refractivity contribution in [3.05, 3.63) is 65.2 Å². The molecule has 0 saturated heterocycles. The van der Waals surface area contributed by atoms with Crippen molar-refractivity contribution in [3.8, 4) is 5.75 Å². The lowest BCUT2D eigenvalue weighted by atomic mass is 10.1. The van der Waals surface area contributed by atoms with Gasteiger partial charge in [0.25, 0.3) is 0 Å². The van der Waals surface area contributed by atoms with Gasteiger partial charge in [0.05, 0.1) is 18.8 Å². The van der Waals surface area contributed by atoms with Gasteiger partial charge in [-0.05, 0) is 62.4 Å². The normalized spacial score (nSPS) is 13.3. The quantitative estimate of drug-likeness (QED) is 0.329. The molecule has 30 heavy (non-hydrogen) atoms. The third-order valence-electron chi connectivity index (χ3n) is 5.33. The molecule has 5 nitrogen and oxygen atoms in total. The van der Waals surface area contributed by atoms with Crippen LogP contribution in [-0.2, 0) is 17.8 Å². The molecule has 0 aliphatic carbocycles. The zero-order valence-corrected chi connectivity index (χ0v) is 18.1. The highest BCUT2D eigenvalue weighted by atomic mass is 16.5. The van der Waals surface area contributed by atoms with Gasteiger partial charge < -0.3 is 25.4 Å². The summed E-state index contributed by atoms with van der Waals surface area (Å²) in [6, 6.07) is 15.4. The molecule has 166 valence electrons. The van der Waals surface area contributed by atoms with Crippen LogP contribution in [0.4, 0.5) is 0 Å². The van der Waals surface area contributed by atoms with Gasteiger partial charge in [0, 0.05) is 18.7 Å². The largest absolute Gasteiger partial charge is 0.508 e. The molecule has 0 unspecified atom stereocenters. The van der Waals surface area contributed by atoms with E-state index in [1.807, 2.05) is 6.07 Å². The lowest BCUT2D eigenvalue weighted by Gasteiger charge is -2.14.